The molecule has 5 aromatic rings. The molecule has 0 aliphatic heterocycles. The minimum Gasteiger partial charge on any atom is -0.456 e. The molecule has 11 heteroatoms. The average Bonchev–Trinajstić information content (AvgIpc) is 3.45. The first-order chi connectivity index (χ1) is 19.7. The molecule has 7 nitrogen and oxygen atoms in total. The quantitative estimate of drug-likeness (QED) is 0.182. The standard InChI is InChI=1S/C30H24ClF3N4O3/c1-3-23-27(30(2,39)15-38-17-35-16-36-38)25(14-26(37-23)40-19-10-8-18(31)9-11-19)41-24-7-5-4-6-20(24)21-12-13-22(32)29(34)28(21)33/h4-14,16-17,39H,3,15H2,1-2H3. The van der Waals surface area contributed by atoms with E-state index in [1.165, 1.54) is 29.5 Å². The molecule has 1 unspecified atom stereocenters. The highest BCUT2D eigenvalue weighted by atomic mass is 35.5. The Morgan fingerprint density at radius 1 is 0.927 bits per heavy atom. The van der Waals surface area contributed by atoms with Gasteiger partial charge in [0.25, 0.3) is 0 Å². The predicted molar refractivity (Wildman–Crippen MR) is 147 cm³/mol. The van der Waals surface area contributed by atoms with Crippen LogP contribution in [0.3, 0.4) is 0 Å². The summed E-state index contributed by atoms with van der Waals surface area (Å²) in [6.07, 6.45) is 3.20. The molecule has 0 fully saturated rings. The zero-order valence-electron chi connectivity index (χ0n) is 22.0. The summed E-state index contributed by atoms with van der Waals surface area (Å²) in [7, 11) is 0. The van der Waals surface area contributed by atoms with Crippen molar-refractivity contribution in [2.75, 3.05) is 0 Å². The lowest BCUT2D eigenvalue weighted by Crippen LogP contribution is -2.30. The molecule has 1 N–H and O–H groups in total. The van der Waals surface area contributed by atoms with E-state index in [0.717, 1.165) is 12.1 Å². The molecule has 5 rings (SSSR count). The summed E-state index contributed by atoms with van der Waals surface area (Å²) < 4.78 is 56.4. The van der Waals surface area contributed by atoms with Crippen LogP contribution < -0.4 is 9.47 Å². The van der Waals surface area contributed by atoms with Crippen LogP contribution in [-0.4, -0.2) is 24.9 Å². The number of hydrogen-bond donors (Lipinski definition) is 1. The number of rotatable bonds is 9. The summed E-state index contributed by atoms with van der Waals surface area (Å²) in [6, 6.07) is 16.5. The Morgan fingerprint density at radius 2 is 1.68 bits per heavy atom. The van der Waals surface area contributed by atoms with Crippen molar-refractivity contribution in [3.63, 3.8) is 0 Å². The Hall–Kier alpha value is -4.41. The Labute approximate surface area is 238 Å². The second-order valence-electron chi connectivity index (χ2n) is 9.38. The summed E-state index contributed by atoms with van der Waals surface area (Å²) >= 11 is 6.00. The van der Waals surface area contributed by atoms with Crippen LogP contribution in [0.5, 0.6) is 23.1 Å². The van der Waals surface area contributed by atoms with Gasteiger partial charge in [0, 0.05) is 27.8 Å². The van der Waals surface area contributed by atoms with Crippen LogP contribution in [0.15, 0.2) is 79.4 Å². The molecule has 0 spiro atoms. The first-order valence-electron chi connectivity index (χ1n) is 12.6. The third-order valence-corrected chi connectivity index (χ3v) is 6.56. The fourth-order valence-corrected chi connectivity index (χ4v) is 4.60. The highest BCUT2D eigenvalue weighted by Crippen LogP contribution is 2.42. The molecule has 0 saturated heterocycles. The first kappa shape index (κ1) is 28.1. The van der Waals surface area contributed by atoms with Crippen molar-refractivity contribution in [3.8, 4) is 34.3 Å². The average molecular weight is 581 g/mol. The Bertz CT molecular complexity index is 1680. The van der Waals surface area contributed by atoms with E-state index in [9.17, 15) is 18.3 Å². The van der Waals surface area contributed by atoms with Gasteiger partial charge in [-0.15, -0.1) is 0 Å². The highest BCUT2D eigenvalue weighted by Gasteiger charge is 2.33. The fourth-order valence-electron chi connectivity index (χ4n) is 4.48. The number of nitrogens with zero attached hydrogens (tertiary/aromatic N) is 4. The van der Waals surface area contributed by atoms with E-state index < -0.39 is 23.1 Å². The number of aliphatic hydroxyl groups is 1. The summed E-state index contributed by atoms with van der Waals surface area (Å²) in [5.74, 6) is -3.35. The van der Waals surface area contributed by atoms with Gasteiger partial charge in [0.05, 0.1) is 12.2 Å². The first-order valence-corrected chi connectivity index (χ1v) is 13.0. The Kier molecular flexibility index (Phi) is 7.96. The number of ether oxygens (including phenoxy) is 2. The van der Waals surface area contributed by atoms with Crippen LogP contribution in [0.4, 0.5) is 13.2 Å². The van der Waals surface area contributed by atoms with Crippen LogP contribution in [0, 0.1) is 17.5 Å². The Morgan fingerprint density at radius 3 is 2.39 bits per heavy atom. The summed E-state index contributed by atoms with van der Waals surface area (Å²) in [4.78, 5) is 8.57. The van der Waals surface area contributed by atoms with Gasteiger partial charge in [0.1, 0.15) is 35.5 Å². The molecule has 0 bridgehead atoms. The molecule has 41 heavy (non-hydrogen) atoms. The van der Waals surface area contributed by atoms with Gasteiger partial charge in [0.15, 0.2) is 17.5 Å². The van der Waals surface area contributed by atoms with Gasteiger partial charge in [-0.3, -0.25) is 0 Å². The van der Waals surface area contributed by atoms with Gasteiger partial charge in [-0.1, -0.05) is 36.7 Å². The van der Waals surface area contributed by atoms with Gasteiger partial charge in [-0.05, 0) is 55.8 Å². The largest absolute Gasteiger partial charge is 0.456 e. The van der Waals surface area contributed by atoms with Gasteiger partial charge >= 0.3 is 0 Å². The lowest BCUT2D eigenvalue weighted by Gasteiger charge is -2.28. The molecule has 0 aliphatic rings. The zero-order chi connectivity index (χ0) is 29.1. The molecule has 0 radical (unpaired) electrons. The van der Waals surface area contributed by atoms with E-state index >= 15 is 0 Å². The van der Waals surface area contributed by atoms with Gasteiger partial charge < -0.3 is 14.6 Å². The topological polar surface area (TPSA) is 82.3 Å². The fraction of sp³-hybridized carbons (Fsp3) is 0.167. The van der Waals surface area contributed by atoms with Crippen molar-refractivity contribution in [1.82, 2.24) is 19.7 Å². The molecule has 1 atom stereocenters. The molecule has 2 aromatic heterocycles. The van der Waals surface area contributed by atoms with Crippen LogP contribution >= 0.6 is 11.6 Å². The van der Waals surface area contributed by atoms with Crippen molar-refractivity contribution in [2.24, 2.45) is 0 Å². The van der Waals surface area contributed by atoms with E-state index in [4.69, 9.17) is 21.1 Å². The number of aromatic nitrogens is 4. The monoisotopic (exact) mass is 580 g/mol. The van der Waals surface area contributed by atoms with Crippen LogP contribution in [0.1, 0.15) is 25.1 Å². The van der Waals surface area contributed by atoms with Gasteiger partial charge in [-0.2, -0.15) is 5.10 Å². The third-order valence-electron chi connectivity index (χ3n) is 6.31. The van der Waals surface area contributed by atoms with Crippen molar-refractivity contribution in [3.05, 3.63) is 113 Å². The van der Waals surface area contributed by atoms with E-state index in [1.54, 1.807) is 49.4 Å². The smallest absolute Gasteiger partial charge is 0.223 e. The third kappa shape index (κ3) is 6.03. The molecule has 2 heterocycles. The van der Waals surface area contributed by atoms with Gasteiger partial charge in [-0.25, -0.2) is 27.8 Å². The van der Waals surface area contributed by atoms with Crippen molar-refractivity contribution < 1.29 is 27.8 Å². The number of pyridine rings is 1. The number of para-hydroxylation sites is 1. The molecule has 0 amide bonds. The lowest BCUT2D eigenvalue weighted by atomic mass is 9.92. The summed E-state index contributed by atoms with van der Waals surface area (Å²) in [5, 5.41) is 16.3. The maximum Gasteiger partial charge on any atom is 0.223 e. The second-order valence-corrected chi connectivity index (χ2v) is 9.81. The normalized spacial score (nSPS) is 12.7. The van der Waals surface area contributed by atoms with Crippen molar-refractivity contribution in [1.29, 1.82) is 0 Å². The molecule has 210 valence electrons. The number of benzene rings is 3. The lowest BCUT2D eigenvalue weighted by molar-refractivity contribution is 0.0313. The number of hydrogen-bond acceptors (Lipinski definition) is 6. The summed E-state index contributed by atoms with van der Waals surface area (Å²) in [5.41, 5.74) is -0.797. The molecular weight excluding hydrogens is 557 g/mol. The van der Waals surface area contributed by atoms with Crippen molar-refractivity contribution >= 4 is 11.6 Å². The van der Waals surface area contributed by atoms with E-state index in [0.29, 0.717) is 28.5 Å². The SMILES string of the molecule is CCc1nc(Oc2ccc(Cl)cc2)cc(Oc2ccccc2-c2ccc(F)c(F)c2F)c1C(C)(O)Cn1cncn1. The van der Waals surface area contributed by atoms with Crippen molar-refractivity contribution in [2.45, 2.75) is 32.4 Å². The highest BCUT2D eigenvalue weighted by molar-refractivity contribution is 6.30. The maximum atomic E-state index is 14.8. The van der Waals surface area contributed by atoms with Crippen LogP contribution in [0.25, 0.3) is 11.1 Å². The summed E-state index contributed by atoms with van der Waals surface area (Å²) in [6.45, 7) is 3.45. The predicted octanol–water partition coefficient (Wildman–Crippen LogP) is 7.47. The van der Waals surface area contributed by atoms with E-state index in [-0.39, 0.29) is 35.1 Å². The van der Waals surface area contributed by atoms with Crippen LogP contribution in [0.2, 0.25) is 5.02 Å². The second kappa shape index (κ2) is 11.6. The maximum absolute atomic E-state index is 14.8. The molecule has 3 aromatic carbocycles. The minimum atomic E-state index is -1.59. The van der Waals surface area contributed by atoms with E-state index in [1.807, 2.05) is 6.92 Å². The number of halogens is 4. The zero-order valence-corrected chi connectivity index (χ0v) is 22.7. The molecule has 0 aliphatic carbocycles. The van der Waals surface area contributed by atoms with E-state index in [2.05, 4.69) is 15.1 Å². The Balaban J connectivity index is 1.65. The molecular formula is C30H24ClF3N4O3. The van der Waals surface area contributed by atoms with Gasteiger partial charge in [0.2, 0.25) is 5.88 Å². The molecule has 0 saturated carbocycles. The minimum absolute atomic E-state index is 0.00881. The van der Waals surface area contributed by atoms with Crippen LogP contribution in [-0.2, 0) is 18.6 Å². The number of aryl methyl sites for hydroxylation is 1.